The van der Waals surface area contributed by atoms with Crippen molar-refractivity contribution < 1.29 is 14.3 Å². The number of allylic oxidation sites excluding steroid dienone is 3. The Morgan fingerprint density at radius 3 is 2.86 bits per heavy atom. The topological polar surface area (TPSA) is 63.4 Å². The number of H-pyrrole nitrogens is 1. The van der Waals surface area contributed by atoms with Crippen LogP contribution < -0.4 is 10.1 Å². The number of nitrogens with one attached hydrogen (secondary N) is 2. The minimum absolute atomic E-state index is 0.327. The lowest BCUT2D eigenvalue weighted by Crippen LogP contribution is -2.37. The van der Waals surface area contributed by atoms with Crippen molar-refractivity contribution in [3.8, 4) is 17.0 Å². The van der Waals surface area contributed by atoms with Crippen molar-refractivity contribution in [1.82, 2.24) is 10.3 Å². The lowest BCUT2D eigenvalue weighted by molar-refractivity contribution is -0.141. The van der Waals surface area contributed by atoms with Crippen molar-refractivity contribution in [2.24, 2.45) is 0 Å². The third-order valence-electron chi connectivity index (χ3n) is 4.89. The van der Waals surface area contributed by atoms with Gasteiger partial charge >= 0.3 is 5.97 Å². The molecule has 4 rings (SSSR count). The highest BCUT2D eigenvalue weighted by atomic mass is 35.5. The van der Waals surface area contributed by atoms with Gasteiger partial charge in [0.2, 0.25) is 0 Å². The molecule has 146 valence electrons. The number of carbonyl (C=O) groups is 1. The van der Waals surface area contributed by atoms with Crippen LogP contribution in [0.3, 0.4) is 0 Å². The SMILES string of the molecule is COC(=O)C1C=CC=C(Cc2c(-c3cc#ccc3)[nH]c3cc(OC)c(Cl)cc23)N1. The van der Waals surface area contributed by atoms with Crippen LogP contribution in [0.1, 0.15) is 5.56 Å². The maximum Gasteiger partial charge on any atom is 0.332 e. The molecule has 2 heterocycles. The first-order chi connectivity index (χ1) is 14.1. The Balaban J connectivity index is 1.80. The summed E-state index contributed by atoms with van der Waals surface area (Å²) in [5, 5.41) is 4.77. The summed E-state index contributed by atoms with van der Waals surface area (Å²) in [7, 11) is 2.97. The Morgan fingerprint density at radius 1 is 1.28 bits per heavy atom. The molecule has 0 saturated heterocycles. The largest absolute Gasteiger partial charge is 0.495 e. The fourth-order valence-corrected chi connectivity index (χ4v) is 3.72. The van der Waals surface area contributed by atoms with E-state index in [9.17, 15) is 4.79 Å². The van der Waals surface area contributed by atoms with E-state index in [4.69, 9.17) is 21.1 Å². The van der Waals surface area contributed by atoms with Gasteiger partial charge in [-0.05, 0) is 35.9 Å². The van der Waals surface area contributed by atoms with E-state index in [1.165, 1.54) is 7.11 Å². The lowest BCUT2D eigenvalue weighted by atomic mass is 9.99. The van der Waals surface area contributed by atoms with Gasteiger partial charge in [-0.25, -0.2) is 4.79 Å². The number of esters is 1. The summed E-state index contributed by atoms with van der Waals surface area (Å²) < 4.78 is 10.2. The van der Waals surface area contributed by atoms with Crippen LogP contribution in [0.4, 0.5) is 0 Å². The summed E-state index contributed by atoms with van der Waals surface area (Å²) in [5.41, 5.74) is 4.83. The lowest BCUT2D eigenvalue weighted by Gasteiger charge is -2.20. The van der Waals surface area contributed by atoms with E-state index in [2.05, 4.69) is 22.4 Å². The third kappa shape index (κ3) is 3.67. The third-order valence-corrected chi connectivity index (χ3v) is 5.18. The van der Waals surface area contributed by atoms with E-state index in [0.29, 0.717) is 17.2 Å². The summed E-state index contributed by atoms with van der Waals surface area (Å²) in [6, 6.07) is 14.9. The average Bonchev–Trinajstić information content (AvgIpc) is 3.10. The van der Waals surface area contributed by atoms with E-state index >= 15 is 0 Å². The number of ether oxygens (including phenoxy) is 2. The highest BCUT2D eigenvalue weighted by Crippen LogP contribution is 2.37. The van der Waals surface area contributed by atoms with Crippen LogP contribution in [0, 0.1) is 12.1 Å². The van der Waals surface area contributed by atoms with E-state index < -0.39 is 6.04 Å². The van der Waals surface area contributed by atoms with Gasteiger partial charge in [0.15, 0.2) is 0 Å². The molecule has 0 radical (unpaired) electrons. The second-order valence-corrected chi connectivity index (χ2v) is 7.04. The minimum Gasteiger partial charge on any atom is -0.495 e. The molecule has 3 aromatic rings. The van der Waals surface area contributed by atoms with Crippen LogP contribution in [0.2, 0.25) is 5.02 Å². The predicted molar refractivity (Wildman–Crippen MR) is 113 cm³/mol. The van der Waals surface area contributed by atoms with Gasteiger partial charge in [-0.1, -0.05) is 35.9 Å². The summed E-state index contributed by atoms with van der Waals surface area (Å²) in [4.78, 5) is 15.4. The molecule has 5 nitrogen and oxygen atoms in total. The molecular weight excluding hydrogens is 388 g/mol. The van der Waals surface area contributed by atoms with Crippen molar-refractivity contribution in [3.63, 3.8) is 0 Å². The molecule has 0 aliphatic carbocycles. The first-order valence-corrected chi connectivity index (χ1v) is 9.46. The standard InChI is InChI=1S/C23H19ClN2O3/c1-28-21-13-20-16(12-18(21)24)17(22(26-20)14-7-4-3-5-8-14)11-15-9-6-10-19(25-15)23(27)29-2/h4,6-10,12-13,19,25-26H,11H2,1-2H3. The highest BCUT2D eigenvalue weighted by Gasteiger charge is 2.22. The molecule has 0 amide bonds. The van der Waals surface area contributed by atoms with Gasteiger partial charge in [-0.15, -0.1) is 0 Å². The van der Waals surface area contributed by atoms with Gasteiger partial charge in [0.1, 0.15) is 11.8 Å². The van der Waals surface area contributed by atoms with E-state index in [1.54, 1.807) is 13.2 Å². The summed E-state index contributed by atoms with van der Waals surface area (Å²) in [6.07, 6.45) is 6.17. The Hall–Kier alpha value is -3.36. The van der Waals surface area contributed by atoms with Crippen molar-refractivity contribution in [3.05, 3.63) is 77.0 Å². The second-order valence-electron chi connectivity index (χ2n) is 6.63. The zero-order valence-corrected chi connectivity index (χ0v) is 16.8. The van der Waals surface area contributed by atoms with Gasteiger partial charge in [0, 0.05) is 34.7 Å². The van der Waals surface area contributed by atoms with Gasteiger partial charge in [0.25, 0.3) is 0 Å². The number of dihydropyridines is 1. The number of carbonyl (C=O) groups excluding carboxylic acids is 1. The van der Waals surface area contributed by atoms with E-state index in [0.717, 1.165) is 33.4 Å². The number of rotatable bonds is 5. The van der Waals surface area contributed by atoms with Crippen LogP contribution >= 0.6 is 11.6 Å². The summed E-state index contributed by atoms with van der Waals surface area (Å²) in [6.45, 7) is 0. The van der Waals surface area contributed by atoms with Gasteiger partial charge in [0.05, 0.1) is 24.9 Å². The molecule has 2 aromatic carbocycles. The van der Waals surface area contributed by atoms with E-state index in [1.807, 2.05) is 42.5 Å². The maximum absolute atomic E-state index is 11.9. The Bertz CT molecular complexity index is 1120. The molecule has 1 aliphatic rings. The molecule has 0 saturated carbocycles. The molecule has 0 spiro atoms. The zero-order valence-electron chi connectivity index (χ0n) is 16.0. The number of hydrogen-bond acceptors (Lipinski definition) is 4. The molecular formula is C23H19ClN2O3. The van der Waals surface area contributed by atoms with Crippen LogP contribution in [-0.4, -0.2) is 31.2 Å². The monoisotopic (exact) mass is 406 g/mol. The van der Waals surface area contributed by atoms with Crippen LogP contribution in [0.15, 0.2) is 54.3 Å². The van der Waals surface area contributed by atoms with Crippen LogP contribution in [0.25, 0.3) is 22.2 Å². The molecule has 2 N–H and O–H groups in total. The quantitative estimate of drug-likeness (QED) is 0.622. The van der Waals surface area contributed by atoms with Crippen molar-refractivity contribution in [2.75, 3.05) is 14.2 Å². The number of aromatic nitrogens is 1. The van der Waals surface area contributed by atoms with Gasteiger partial charge in [-0.2, -0.15) is 0 Å². The van der Waals surface area contributed by atoms with Crippen LogP contribution in [0.5, 0.6) is 5.75 Å². The van der Waals surface area contributed by atoms with Crippen molar-refractivity contribution >= 4 is 28.5 Å². The van der Waals surface area contributed by atoms with Gasteiger partial charge in [-0.3, -0.25) is 0 Å². The van der Waals surface area contributed by atoms with Crippen LogP contribution in [-0.2, 0) is 16.0 Å². The maximum atomic E-state index is 11.9. The number of halogens is 1. The Kier molecular flexibility index (Phi) is 5.20. The second kappa shape index (κ2) is 7.94. The Labute approximate surface area is 174 Å². The normalized spacial score (nSPS) is 15.4. The predicted octanol–water partition coefficient (Wildman–Crippen LogP) is 4.22. The van der Waals surface area contributed by atoms with Crippen molar-refractivity contribution in [2.45, 2.75) is 12.5 Å². The zero-order chi connectivity index (χ0) is 20.4. The summed E-state index contributed by atoms with van der Waals surface area (Å²) >= 11 is 6.40. The first-order valence-electron chi connectivity index (χ1n) is 9.08. The number of hydrogen-bond donors (Lipinski definition) is 2. The molecule has 29 heavy (non-hydrogen) atoms. The molecule has 1 aliphatic heterocycles. The fourth-order valence-electron chi connectivity index (χ4n) is 3.48. The summed E-state index contributed by atoms with van der Waals surface area (Å²) in [5.74, 6) is 0.280. The number of methoxy groups -OCH3 is 2. The smallest absolute Gasteiger partial charge is 0.332 e. The number of benzene rings is 1. The van der Waals surface area contributed by atoms with Gasteiger partial charge < -0.3 is 19.8 Å². The number of aromatic amines is 1. The van der Waals surface area contributed by atoms with Crippen molar-refractivity contribution in [1.29, 1.82) is 0 Å². The highest BCUT2D eigenvalue weighted by molar-refractivity contribution is 6.33. The molecule has 0 bridgehead atoms. The first kappa shape index (κ1) is 19.0. The molecule has 1 aromatic heterocycles. The molecule has 6 heteroatoms. The molecule has 0 fully saturated rings. The molecule has 1 atom stereocenters. The average molecular weight is 407 g/mol. The molecule has 1 unspecified atom stereocenters. The number of fused-ring (bicyclic) bond motifs is 1. The van der Waals surface area contributed by atoms with E-state index in [-0.39, 0.29) is 5.97 Å². The fraction of sp³-hybridized carbons (Fsp3) is 0.174. The Morgan fingerprint density at radius 2 is 2.14 bits per heavy atom. The minimum atomic E-state index is -0.503.